The van der Waals surface area contributed by atoms with Crippen LogP contribution in [0.5, 0.6) is 23.0 Å². The molecule has 2 heterocycles. The van der Waals surface area contributed by atoms with Gasteiger partial charge in [-0.1, -0.05) is 68.2 Å². The summed E-state index contributed by atoms with van der Waals surface area (Å²) in [4.78, 5) is 33.3. The van der Waals surface area contributed by atoms with Crippen molar-refractivity contribution in [2.24, 2.45) is 0 Å². The molecule has 0 unspecified atom stereocenters. The lowest BCUT2D eigenvalue weighted by Crippen LogP contribution is -2.43. The third-order valence-corrected chi connectivity index (χ3v) is 11.1. The zero-order valence-electron chi connectivity index (χ0n) is 33.0. The van der Waals surface area contributed by atoms with E-state index in [-0.39, 0.29) is 11.3 Å². The fourth-order valence-electron chi connectivity index (χ4n) is 6.37. The number of benzene rings is 4. The SMILES string of the molecule is COc1cc(Nc2cc(Oc3ccc(NC(=O)Nc4cc(C(C)(C)C)cc(NSC)c4OC)c4ccccc34)ccn2)cc(C(=O)NCCN2CC[S+]([O-])CC2)c1. The fraction of sp³-hybridized carbons (Fsp3) is 0.310. The molecule has 0 aliphatic carbocycles. The molecule has 5 N–H and O–H groups in total. The third kappa shape index (κ3) is 10.7. The maximum Gasteiger partial charge on any atom is 0.323 e. The predicted molar refractivity (Wildman–Crippen MR) is 233 cm³/mol. The minimum Gasteiger partial charge on any atom is -0.616 e. The topological polar surface area (TPSA) is 161 Å². The smallest absolute Gasteiger partial charge is 0.323 e. The zero-order valence-corrected chi connectivity index (χ0v) is 34.6. The number of rotatable bonds is 14. The van der Waals surface area contributed by atoms with Crippen LogP contribution in [0.4, 0.5) is 33.4 Å². The molecule has 300 valence electrons. The van der Waals surface area contributed by atoms with E-state index >= 15 is 0 Å². The van der Waals surface area contributed by atoms with Crippen molar-refractivity contribution in [2.45, 2.75) is 26.2 Å². The largest absolute Gasteiger partial charge is 0.616 e. The van der Waals surface area contributed by atoms with Crippen LogP contribution < -0.4 is 40.2 Å². The van der Waals surface area contributed by atoms with E-state index in [0.717, 1.165) is 35.1 Å². The molecule has 1 aliphatic rings. The molecule has 6 rings (SSSR count). The van der Waals surface area contributed by atoms with Crippen LogP contribution in [-0.2, 0) is 16.6 Å². The number of hydrogen-bond donors (Lipinski definition) is 5. The molecule has 0 spiro atoms. The number of anilines is 5. The second-order valence-electron chi connectivity index (χ2n) is 14.4. The highest BCUT2D eigenvalue weighted by molar-refractivity contribution is 7.99. The number of ether oxygens (including phenoxy) is 3. The van der Waals surface area contributed by atoms with Gasteiger partial charge in [-0.25, -0.2) is 9.78 Å². The van der Waals surface area contributed by atoms with E-state index in [9.17, 15) is 14.1 Å². The fourth-order valence-corrected chi connectivity index (χ4v) is 7.87. The van der Waals surface area contributed by atoms with Gasteiger partial charge in [-0.3, -0.25) is 9.69 Å². The molecule has 0 radical (unpaired) electrons. The highest BCUT2D eigenvalue weighted by Crippen LogP contribution is 2.40. The first-order chi connectivity index (χ1) is 27.4. The number of urea groups is 1. The Morgan fingerprint density at radius 1 is 0.877 bits per heavy atom. The summed E-state index contributed by atoms with van der Waals surface area (Å²) in [6, 6.07) is 23.6. The lowest BCUT2D eigenvalue weighted by molar-refractivity contribution is 0.0948. The summed E-state index contributed by atoms with van der Waals surface area (Å²) in [7, 11) is 3.13. The zero-order chi connectivity index (χ0) is 40.5. The van der Waals surface area contributed by atoms with Crippen LogP contribution in [0.25, 0.3) is 10.8 Å². The molecule has 0 atom stereocenters. The summed E-state index contributed by atoms with van der Waals surface area (Å²) >= 11 is 0.703. The number of nitrogens with one attached hydrogen (secondary N) is 5. The maximum atomic E-state index is 13.5. The van der Waals surface area contributed by atoms with Crippen molar-refractivity contribution < 1.29 is 28.4 Å². The van der Waals surface area contributed by atoms with Gasteiger partial charge in [0.2, 0.25) is 0 Å². The molecule has 5 aromatic rings. The summed E-state index contributed by atoms with van der Waals surface area (Å²) in [6.07, 6.45) is 3.56. The monoisotopic (exact) mass is 811 g/mol. The first kappa shape index (κ1) is 41.3. The van der Waals surface area contributed by atoms with Crippen molar-refractivity contribution in [3.8, 4) is 23.0 Å². The molecular formula is C42H49N7O6S2. The van der Waals surface area contributed by atoms with Gasteiger partial charge in [0, 0.05) is 72.8 Å². The second-order valence-corrected chi connectivity index (χ2v) is 16.7. The van der Waals surface area contributed by atoms with Gasteiger partial charge in [0.25, 0.3) is 5.91 Å². The average molecular weight is 812 g/mol. The summed E-state index contributed by atoms with van der Waals surface area (Å²) < 4.78 is 32.5. The third-order valence-electron chi connectivity index (χ3n) is 9.37. The van der Waals surface area contributed by atoms with Gasteiger partial charge in [-0.2, -0.15) is 0 Å². The van der Waals surface area contributed by atoms with Crippen LogP contribution in [0.1, 0.15) is 36.7 Å². The molecule has 0 bridgehead atoms. The van der Waals surface area contributed by atoms with Crippen molar-refractivity contribution in [1.82, 2.24) is 15.2 Å². The standard InChI is InChI=1S/C42H49N7O6S2/c1-42(2,3)28-23-35(39(54-5)36(24-28)48-56-6)47-41(51)46-34-11-12-37(33-10-8-7-9-32(33)34)55-30-13-14-43-38(26-30)45-29-21-27(22-31(25-29)53-4)40(50)44-15-16-49-17-19-57(52)20-18-49/h7-14,21-26,48H,15-20H2,1-6H3,(H,43,45)(H,44,50)(H2,46,47,51). The highest BCUT2D eigenvalue weighted by Gasteiger charge is 2.22. The van der Waals surface area contributed by atoms with Crippen LogP contribution in [0.3, 0.4) is 0 Å². The van der Waals surface area contributed by atoms with Gasteiger partial charge in [-0.05, 0) is 53.4 Å². The van der Waals surface area contributed by atoms with Crippen LogP contribution in [0.2, 0.25) is 0 Å². The van der Waals surface area contributed by atoms with Gasteiger partial charge in [0.15, 0.2) is 5.75 Å². The quantitative estimate of drug-likeness (QED) is 0.0543. The second kappa shape index (κ2) is 18.7. The Hall–Kier alpha value is -5.35. The minimum absolute atomic E-state index is 0.165. The van der Waals surface area contributed by atoms with Gasteiger partial charge < -0.3 is 44.8 Å². The van der Waals surface area contributed by atoms with E-state index < -0.39 is 17.2 Å². The number of fused-ring (bicyclic) bond motifs is 1. The van der Waals surface area contributed by atoms with Crippen LogP contribution in [0.15, 0.2) is 85.1 Å². The molecule has 15 heteroatoms. The van der Waals surface area contributed by atoms with E-state index in [1.807, 2.05) is 48.7 Å². The summed E-state index contributed by atoms with van der Waals surface area (Å²) in [6.45, 7) is 9.06. The summed E-state index contributed by atoms with van der Waals surface area (Å²) in [5.74, 6) is 3.77. The summed E-state index contributed by atoms with van der Waals surface area (Å²) in [5, 5.41) is 13.8. The van der Waals surface area contributed by atoms with Crippen molar-refractivity contribution in [2.75, 3.05) is 78.8 Å². The Balaban J connectivity index is 1.15. The van der Waals surface area contributed by atoms with E-state index in [1.54, 1.807) is 56.8 Å². The number of methoxy groups -OCH3 is 2. The van der Waals surface area contributed by atoms with Crippen molar-refractivity contribution in [3.63, 3.8) is 0 Å². The Kier molecular flexibility index (Phi) is 13.6. The van der Waals surface area contributed by atoms with Crippen LogP contribution in [-0.4, -0.2) is 84.5 Å². The van der Waals surface area contributed by atoms with Crippen molar-refractivity contribution in [1.29, 1.82) is 0 Å². The molecular weight excluding hydrogens is 763 g/mol. The van der Waals surface area contributed by atoms with Gasteiger partial charge in [0.05, 0.1) is 31.3 Å². The average Bonchev–Trinajstić information content (AvgIpc) is 3.19. The van der Waals surface area contributed by atoms with Gasteiger partial charge in [0.1, 0.15) is 34.6 Å². The first-order valence-corrected chi connectivity index (χ1v) is 21.2. The lowest BCUT2D eigenvalue weighted by Gasteiger charge is -2.27. The Morgan fingerprint density at radius 2 is 1.61 bits per heavy atom. The number of aromatic nitrogens is 1. The lowest BCUT2D eigenvalue weighted by atomic mass is 9.86. The van der Waals surface area contributed by atoms with E-state index in [0.29, 0.717) is 76.0 Å². The Labute approximate surface area is 340 Å². The van der Waals surface area contributed by atoms with Crippen molar-refractivity contribution in [3.05, 3.63) is 96.2 Å². The van der Waals surface area contributed by atoms with Gasteiger partial charge >= 0.3 is 6.03 Å². The molecule has 1 aliphatic heterocycles. The number of amides is 3. The molecule has 0 saturated carbocycles. The molecule has 4 aromatic carbocycles. The molecule has 1 aromatic heterocycles. The van der Waals surface area contributed by atoms with Crippen LogP contribution >= 0.6 is 11.9 Å². The molecule has 57 heavy (non-hydrogen) atoms. The molecule has 1 saturated heterocycles. The molecule has 13 nitrogen and oxygen atoms in total. The minimum atomic E-state index is -0.742. The number of carbonyl (C=O) groups is 2. The number of hydrogen-bond acceptors (Lipinski definition) is 11. The number of pyridine rings is 1. The van der Waals surface area contributed by atoms with E-state index in [2.05, 4.69) is 56.6 Å². The van der Waals surface area contributed by atoms with Crippen LogP contribution in [0, 0.1) is 0 Å². The Bertz CT molecular complexity index is 2210. The molecule has 3 amide bonds. The van der Waals surface area contributed by atoms with E-state index in [4.69, 9.17) is 14.2 Å². The van der Waals surface area contributed by atoms with Gasteiger partial charge in [-0.15, -0.1) is 0 Å². The predicted octanol–water partition coefficient (Wildman–Crippen LogP) is 8.21. The van der Waals surface area contributed by atoms with E-state index in [1.165, 1.54) is 11.9 Å². The van der Waals surface area contributed by atoms with Crippen molar-refractivity contribution >= 4 is 74.4 Å². The molecule has 1 fully saturated rings. The first-order valence-electron chi connectivity index (χ1n) is 18.5. The number of carbonyl (C=O) groups excluding carboxylic acids is 2. The normalized spacial score (nSPS) is 13.5. The highest BCUT2D eigenvalue weighted by atomic mass is 32.2. The maximum absolute atomic E-state index is 13.5. The number of nitrogens with zero attached hydrogens (tertiary/aromatic N) is 2. The Morgan fingerprint density at radius 3 is 2.33 bits per heavy atom. The summed E-state index contributed by atoms with van der Waals surface area (Å²) in [5.41, 5.74) is 3.83.